The van der Waals surface area contributed by atoms with Gasteiger partial charge in [-0.1, -0.05) is 0 Å². The van der Waals surface area contributed by atoms with Crippen molar-refractivity contribution in [1.29, 1.82) is 0 Å². The van der Waals surface area contributed by atoms with Crippen LogP contribution in [0, 0.1) is 27.7 Å². The summed E-state index contributed by atoms with van der Waals surface area (Å²) in [5.41, 5.74) is 1.94. The zero-order valence-corrected chi connectivity index (χ0v) is 12.5. The number of carboxylic acid groups (broad SMARTS) is 1. The van der Waals surface area contributed by atoms with Gasteiger partial charge in [-0.15, -0.1) is 11.3 Å². The van der Waals surface area contributed by atoms with E-state index in [1.54, 1.807) is 26.8 Å². The lowest BCUT2D eigenvalue weighted by atomic mass is 10.1. The van der Waals surface area contributed by atoms with Gasteiger partial charge in [0.25, 0.3) is 5.91 Å². The molecule has 2 aromatic heterocycles. The average molecular weight is 293 g/mol. The van der Waals surface area contributed by atoms with Gasteiger partial charge >= 0.3 is 5.97 Å². The summed E-state index contributed by atoms with van der Waals surface area (Å²) in [5.74, 6) is 0.0000238. The first-order valence-electron chi connectivity index (χ1n) is 6.03. The highest BCUT2D eigenvalue weighted by Crippen LogP contribution is 2.28. The van der Waals surface area contributed by atoms with Crippen molar-refractivity contribution in [3.63, 3.8) is 0 Å². The Balaban J connectivity index is 2.28. The summed E-state index contributed by atoms with van der Waals surface area (Å²) in [6, 6.07) is 1.66. The van der Waals surface area contributed by atoms with Crippen molar-refractivity contribution in [3.8, 4) is 0 Å². The molecule has 2 rings (SSSR count). The van der Waals surface area contributed by atoms with E-state index in [2.05, 4.69) is 5.32 Å². The van der Waals surface area contributed by atoms with Crippen molar-refractivity contribution in [2.45, 2.75) is 27.7 Å². The number of hydrogen-bond acceptors (Lipinski definition) is 4. The molecule has 106 valence electrons. The number of amides is 1. The number of aromatic carboxylic acids is 1. The Labute approximate surface area is 120 Å². The van der Waals surface area contributed by atoms with Crippen LogP contribution in [0.3, 0.4) is 0 Å². The summed E-state index contributed by atoms with van der Waals surface area (Å²) >= 11 is 1.05. The minimum Gasteiger partial charge on any atom is -0.477 e. The third-order valence-corrected chi connectivity index (χ3v) is 4.28. The summed E-state index contributed by atoms with van der Waals surface area (Å²) in [7, 11) is 0. The van der Waals surface area contributed by atoms with Crippen LogP contribution in [0.4, 0.5) is 5.00 Å². The first-order valence-corrected chi connectivity index (χ1v) is 6.84. The van der Waals surface area contributed by atoms with Crippen LogP contribution in [-0.4, -0.2) is 17.0 Å². The second-order valence-electron chi connectivity index (χ2n) is 4.60. The largest absolute Gasteiger partial charge is 0.477 e. The molecule has 1 amide bonds. The van der Waals surface area contributed by atoms with Crippen molar-refractivity contribution >= 4 is 28.2 Å². The smallest absolute Gasteiger partial charge is 0.346 e. The summed E-state index contributed by atoms with van der Waals surface area (Å²) in [6.07, 6.45) is 0. The SMILES string of the molecule is Cc1cc(NC(=O)c2c(C)oc(C)c2C)sc1C(=O)O. The standard InChI is InChI=1S/C14H15NO4S/c1-6-5-10(20-12(6)14(17)18)15-13(16)11-7(2)8(3)19-9(11)4/h5H,1-4H3,(H,15,16)(H,17,18). The van der Waals surface area contributed by atoms with Gasteiger partial charge in [0.1, 0.15) is 16.4 Å². The molecule has 0 aliphatic carbocycles. The molecular weight excluding hydrogens is 278 g/mol. The molecule has 0 radical (unpaired) electrons. The number of aryl methyl sites for hydroxylation is 3. The Kier molecular flexibility index (Phi) is 3.67. The van der Waals surface area contributed by atoms with E-state index in [1.807, 2.05) is 6.92 Å². The van der Waals surface area contributed by atoms with Crippen LogP contribution < -0.4 is 5.32 Å². The van der Waals surface area contributed by atoms with E-state index in [0.717, 1.165) is 16.9 Å². The van der Waals surface area contributed by atoms with Gasteiger partial charge in [0, 0.05) is 5.56 Å². The Hall–Kier alpha value is -2.08. The first kappa shape index (κ1) is 14.3. The molecule has 0 fully saturated rings. The molecule has 2 heterocycles. The number of hydrogen-bond donors (Lipinski definition) is 2. The Bertz CT molecular complexity index is 696. The second kappa shape index (κ2) is 5.13. The van der Waals surface area contributed by atoms with Crippen LogP contribution in [0.2, 0.25) is 0 Å². The average Bonchev–Trinajstić information content (AvgIpc) is 2.80. The molecule has 0 saturated heterocycles. The summed E-state index contributed by atoms with van der Waals surface area (Å²) in [6.45, 7) is 7.06. The van der Waals surface area contributed by atoms with Crippen LogP contribution in [0.25, 0.3) is 0 Å². The van der Waals surface area contributed by atoms with Crippen molar-refractivity contribution in [2.75, 3.05) is 5.32 Å². The van der Waals surface area contributed by atoms with E-state index >= 15 is 0 Å². The van der Waals surface area contributed by atoms with Gasteiger partial charge in [0.05, 0.1) is 10.6 Å². The zero-order valence-electron chi connectivity index (χ0n) is 11.7. The van der Waals surface area contributed by atoms with Gasteiger partial charge in [-0.2, -0.15) is 0 Å². The maximum atomic E-state index is 12.2. The Morgan fingerprint density at radius 2 is 1.85 bits per heavy atom. The molecule has 0 aliphatic rings. The Morgan fingerprint density at radius 1 is 1.20 bits per heavy atom. The molecule has 0 bridgehead atoms. The summed E-state index contributed by atoms with van der Waals surface area (Å²) in [5, 5.41) is 12.2. The number of carboxylic acids is 1. The molecule has 0 saturated carbocycles. The molecule has 6 heteroatoms. The van der Waals surface area contributed by atoms with Crippen LogP contribution in [0.15, 0.2) is 10.5 Å². The quantitative estimate of drug-likeness (QED) is 0.907. The fraction of sp³-hybridized carbons (Fsp3) is 0.286. The van der Waals surface area contributed by atoms with Crippen molar-refractivity contribution < 1.29 is 19.1 Å². The monoisotopic (exact) mass is 293 g/mol. The fourth-order valence-corrected chi connectivity index (χ4v) is 2.96. The zero-order chi connectivity index (χ0) is 15.0. The topological polar surface area (TPSA) is 79.5 Å². The van der Waals surface area contributed by atoms with E-state index < -0.39 is 5.97 Å². The predicted octanol–water partition coefficient (Wildman–Crippen LogP) is 3.53. The number of anilines is 1. The molecule has 2 N–H and O–H groups in total. The van der Waals surface area contributed by atoms with Gasteiger partial charge in [-0.3, -0.25) is 4.79 Å². The second-order valence-corrected chi connectivity index (χ2v) is 5.65. The van der Waals surface area contributed by atoms with Crippen molar-refractivity contribution in [1.82, 2.24) is 0 Å². The van der Waals surface area contributed by atoms with Crippen molar-refractivity contribution in [3.05, 3.63) is 39.2 Å². The molecule has 0 aliphatic heterocycles. The molecule has 0 unspecified atom stereocenters. The number of nitrogens with one attached hydrogen (secondary N) is 1. The number of carbonyl (C=O) groups is 2. The fourth-order valence-electron chi connectivity index (χ4n) is 2.06. The minimum absolute atomic E-state index is 0.233. The van der Waals surface area contributed by atoms with Crippen LogP contribution >= 0.6 is 11.3 Å². The lowest BCUT2D eigenvalue weighted by Gasteiger charge is -2.02. The minimum atomic E-state index is -0.987. The normalized spacial score (nSPS) is 10.6. The Morgan fingerprint density at radius 3 is 2.30 bits per heavy atom. The highest BCUT2D eigenvalue weighted by molar-refractivity contribution is 7.18. The lowest BCUT2D eigenvalue weighted by molar-refractivity contribution is 0.0701. The lowest BCUT2D eigenvalue weighted by Crippen LogP contribution is -2.12. The number of rotatable bonds is 3. The molecule has 5 nitrogen and oxygen atoms in total. The summed E-state index contributed by atoms with van der Waals surface area (Å²) in [4.78, 5) is 23.5. The van der Waals surface area contributed by atoms with Crippen LogP contribution in [0.5, 0.6) is 0 Å². The van der Waals surface area contributed by atoms with Crippen LogP contribution in [0.1, 0.15) is 42.7 Å². The van der Waals surface area contributed by atoms with Gasteiger partial charge in [-0.25, -0.2) is 4.79 Å². The maximum absolute atomic E-state index is 12.2. The van der Waals surface area contributed by atoms with Gasteiger partial charge in [0.2, 0.25) is 0 Å². The van der Waals surface area contributed by atoms with Gasteiger partial charge in [-0.05, 0) is 39.3 Å². The van der Waals surface area contributed by atoms with Crippen LogP contribution in [-0.2, 0) is 0 Å². The van der Waals surface area contributed by atoms with Gasteiger partial charge in [0.15, 0.2) is 0 Å². The van der Waals surface area contributed by atoms with Crippen molar-refractivity contribution in [2.24, 2.45) is 0 Å². The van der Waals surface area contributed by atoms with E-state index in [9.17, 15) is 9.59 Å². The number of carbonyl (C=O) groups excluding carboxylic acids is 1. The first-order chi connectivity index (χ1) is 9.31. The maximum Gasteiger partial charge on any atom is 0.346 e. The molecule has 0 aromatic carbocycles. The van der Waals surface area contributed by atoms with E-state index in [4.69, 9.17) is 9.52 Å². The highest BCUT2D eigenvalue weighted by Gasteiger charge is 2.20. The molecule has 20 heavy (non-hydrogen) atoms. The third-order valence-electron chi connectivity index (χ3n) is 3.14. The van der Waals surface area contributed by atoms with Gasteiger partial charge < -0.3 is 14.8 Å². The highest BCUT2D eigenvalue weighted by atomic mass is 32.1. The summed E-state index contributed by atoms with van der Waals surface area (Å²) < 4.78 is 5.42. The number of furan rings is 1. The molecule has 0 atom stereocenters. The van der Waals surface area contributed by atoms with E-state index in [0.29, 0.717) is 27.6 Å². The molecular formula is C14H15NO4S. The predicted molar refractivity (Wildman–Crippen MR) is 76.9 cm³/mol. The van der Waals surface area contributed by atoms with E-state index in [-0.39, 0.29) is 10.8 Å². The number of thiophene rings is 1. The van der Waals surface area contributed by atoms with E-state index in [1.165, 1.54) is 0 Å². The molecule has 0 spiro atoms. The molecule has 2 aromatic rings. The third kappa shape index (κ3) is 2.46.